The van der Waals surface area contributed by atoms with Crippen molar-refractivity contribution in [2.75, 3.05) is 5.32 Å². The number of hydrogen-bond acceptors (Lipinski definition) is 4. The van der Waals surface area contributed by atoms with Gasteiger partial charge >= 0.3 is 0 Å². The van der Waals surface area contributed by atoms with Crippen LogP contribution in [0.25, 0.3) is 0 Å². The van der Waals surface area contributed by atoms with Gasteiger partial charge in [-0.15, -0.1) is 11.3 Å². The third-order valence-electron chi connectivity index (χ3n) is 3.17. The first-order valence-electron chi connectivity index (χ1n) is 6.52. The van der Waals surface area contributed by atoms with Crippen LogP contribution in [-0.2, 0) is 11.2 Å². The van der Waals surface area contributed by atoms with E-state index in [2.05, 4.69) is 17.2 Å². The van der Waals surface area contributed by atoms with Gasteiger partial charge in [0.15, 0.2) is 5.13 Å². The van der Waals surface area contributed by atoms with Crippen molar-refractivity contribution in [3.05, 3.63) is 46.0 Å². The molecule has 0 aliphatic heterocycles. The molecule has 1 aromatic heterocycles. The molecular formula is C15H19N3OS. The number of nitrogens with zero attached hydrogens (tertiary/aromatic N) is 1. The summed E-state index contributed by atoms with van der Waals surface area (Å²) >= 11 is 1.40. The zero-order valence-electron chi connectivity index (χ0n) is 11.9. The van der Waals surface area contributed by atoms with Crippen LogP contribution in [0.3, 0.4) is 0 Å². The van der Waals surface area contributed by atoms with Crippen LogP contribution < -0.4 is 11.1 Å². The van der Waals surface area contributed by atoms with Crippen LogP contribution in [-0.4, -0.2) is 10.9 Å². The van der Waals surface area contributed by atoms with Gasteiger partial charge in [0.2, 0.25) is 5.91 Å². The van der Waals surface area contributed by atoms with Gasteiger partial charge in [-0.2, -0.15) is 0 Å². The summed E-state index contributed by atoms with van der Waals surface area (Å²) in [4.78, 5) is 16.3. The topological polar surface area (TPSA) is 68.0 Å². The molecule has 2 rings (SSSR count). The highest BCUT2D eigenvalue weighted by molar-refractivity contribution is 7.13. The molecule has 3 N–H and O–H groups in total. The van der Waals surface area contributed by atoms with Crippen LogP contribution in [0.5, 0.6) is 0 Å². The van der Waals surface area contributed by atoms with Crippen LogP contribution in [0.1, 0.15) is 35.3 Å². The quantitative estimate of drug-likeness (QED) is 0.909. The lowest BCUT2D eigenvalue weighted by atomic mass is 10.0. The van der Waals surface area contributed by atoms with E-state index in [1.165, 1.54) is 22.5 Å². The summed E-state index contributed by atoms with van der Waals surface area (Å²) in [6, 6.07) is 5.95. The molecule has 0 aliphatic carbocycles. The van der Waals surface area contributed by atoms with Gasteiger partial charge in [0, 0.05) is 11.4 Å². The number of nitrogens with two attached hydrogens (primary N) is 1. The maximum Gasteiger partial charge on any atom is 0.230 e. The molecule has 4 nitrogen and oxygen atoms in total. The summed E-state index contributed by atoms with van der Waals surface area (Å²) in [6.45, 7) is 5.98. The molecule has 1 aromatic carbocycles. The van der Waals surface area contributed by atoms with Crippen molar-refractivity contribution in [1.82, 2.24) is 4.98 Å². The van der Waals surface area contributed by atoms with Gasteiger partial charge in [0.05, 0.1) is 12.1 Å². The summed E-state index contributed by atoms with van der Waals surface area (Å²) in [5.74, 6) is -0.0566. The zero-order chi connectivity index (χ0) is 14.7. The molecule has 20 heavy (non-hydrogen) atoms. The van der Waals surface area contributed by atoms with E-state index < -0.39 is 0 Å². The van der Waals surface area contributed by atoms with Gasteiger partial charge in [-0.3, -0.25) is 4.79 Å². The average Bonchev–Trinajstić information content (AvgIpc) is 2.82. The Morgan fingerprint density at radius 2 is 2.15 bits per heavy atom. The molecule has 0 saturated heterocycles. The fraction of sp³-hybridized carbons (Fsp3) is 0.333. The third kappa shape index (κ3) is 3.65. The van der Waals surface area contributed by atoms with Crippen molar-refractivity contribution in [2.24, 2.45) is 5.73 Å². The highest BCUT2D eigenvalue weighted by atomic mass is 32.1. The molecular weight excluding hydrogens is 270 g/mol. The molecule has 2 aromatic rings. The third-order valence-corrected chi connectivity index (χ3v) is 3.95. The second-order valence-corrected chi connectivity index (χ2v) is 5.87. The lowest BCUT2D eigenvalue weighted by molar-refractivity contribution is -0.115. The monoisotopic (exact) mass is 289 g/mol. The minimum Gasteiger partial charge on any atom is -0.323 e. The number of nitrogens with one attached hydrogen (secondary N) is 1. The van der Waals surface area contributed by atoms with Crippen LogP contribution in [0, 0.1) is 13.8 Å². The second-order valence-electron chi connectivity index (χ2n) is 5.01. The van der Waals surface area contributed by atoms with Crippen molar-refractivity contribution in [3.8, 4) is 0 Å². The number of benzene rings is 1. The van der Waals surface area contributed by atoms with Crippen molar-refractivity contribution in [3.63, 3.8) is 0 Å². The SMILES string of the molecule is Cc1ccc(CC(=O)Nc2nc(C(C)N)cs2)cc1C. The number of amides is 1. The van der Waals surface area contributed by atoms with Gasteiger partial charge in [-0.25, -0.2) is 4.98 Å². The lowest BCUT2D eigenvalue weighted by Crippen LogP contribution is -2.14. The van der Waals surface area contributed by atoms with Gasteiger partial charge in [-0.05, 0) is 37.5 Å². The largest absolute Gasteiger partial charge is 0.323 e. The average molecular weight is 289 g/mol. The molecule has 0 aliphatic rings. The number of rotatable bonds is 4. The maximum atomic E-state index is 12.0. The van der Waals surface area contributed by atoms with Crippen molar-refractivity contribution in [1.29, 1.82) is 0 Å². The Labute approximate surface area is 123 Å². The number of thiazole rings is 1. The van der Waals surface area contributed by atoms with Crippen LogP contribution in [0.15, 0.2) is 23.6 Å². The molecule has 106 valence electrons. The first-order valence-corrected chi connectivity index (χ1v) is 7.40. The summed E-state index contributed by atoms with van der Waals surface area (Å²) in [5, 5.41) is 5.29. The summed E-state index contributed by atoms with van der Waals surface area (Å²) in [5.41, 5.74) is 9.98. The predicted octanol–water partition coefficient (Wildman–Crippen LogP) is 2.96. The summed E-state index contributed by atoms with van der Waals surface area (Å²) in [6.07, 6.45) is 0.355. The zero-order valence-corrected chi connectivity index (χ0v) is 12.8. The first-order chi connectivity index (χ1) is 9.45. The number of carbonyl (C=O) groups is 1. The first kappa shape index (κ1) is 14.7. The number of aryl methyl sites for hydroxylation is 2. The van der Waals surface area contributed by atoms with E-state index in [0.717, 1.165) is 11.3 Å². The smallest absolute Gasteiger partial charge is 0.230 e. The Hall–Kier alpha value is -1.72. The standard InChI is InChI=1S/C15H19N3OS/c1-9-4-5-12(6-10(9)2)7-14(19)18-15-17-13(8-20-15)11(3)16/h4-6,8,11H,7,16H2,1-3H3,(H,17,18,19). The van der Waals surface area contributed by atoms with E-state index in [9.17, 15) is 4.79 Å². The lowest BCUT2D eigenvalue weighted by Gasteiger charge is -2.05. The summed E-state index contributed by atoms with van der Waals surface area (Å²) < 4.78 is 0. The summed E-state index contributed by atoms with van der Waals surface area (Å²) in [7, 11) is 0. The van der Waals surface area contributed by atoms with Crippen LogP contribution >= 0.6 is 11.3 Å². The molecule has 0 saturated carbocycles. The van der Waals surface area contributed by atoms with Crippen molar-refractivity contribution < 1.29 is 4.79 Å². The molecule has 0 radical (unpaired) electrons. The van der Waals surface area contributed by atoms with E-state index in [4.69, 9.17) is 5.73 Å². The predicted molar refractivity (Wildman–Crippen MR) is 83.0 cm³/mol. The fourth-order valence-corrected chi connectivity index (χ4v) is 2.65. The van der Waals surface area contributed by atoms with E-state index in [1.807, 2.05) is 37.4 Å². The van der Waals surface area contributed by atoms with Crippen molar-refractivity contribution >= 4 is 22.4 Å². The molecule has 0 bridgehead atoms. The van der Waals surface area contributed by atoms with Crippen LogP contribution in [0.4, 0.5) is 5.13 Å². The van der Waals surface area contributed by atoms with E-state index in [-0.39, 0.29) is 11.9 Å². The Bertz CT molecular complexity index is 619. The van der Waals surface area contributed by atoms with Gasteiger partial charge in [0.25, 0.3) is 0 Å². The second kappa shape index (κ2) is 6.15. The molecule has 1 heterocycles. The normalized spacial score (nSPS) is 12.2. The molecule has 1 amide bonds. The van der Waals surface area contributed by atoms with Gasteiger partial charge in [-0.1, -0.05) is 18.2 Å². The van der Waals surface area contributed by atoms with E-state index in [0.29, 0.717) is 11.6 Å². The highest BCUT2D eigenvalue weighted by Crippen LogP contribution is 2.19. The minimum atomic E-state index is -0.114. The molecule has 5 heteroatoms. The van der Waals surface area contributed by atoms with E-state index >= 15 is 0 Å². The number of carbonyl (C=O) groups excluding carboxylic acids is 1. The molecule has 1 unspecified atom stereocenters. The maximum absolute atomic E-state index is 12.0. The van der Waals surface area contributed by atoms with Crippen LogP contribution in [0.2, 0.25) is 0 Å². The molecule has 1 atom stereocenters. The number of aromatic nitrogens is 1. The minimum absolute atomic E-state index is 0.0566. The Kier molecular flexibility index (Phi) is 4.52. The molecule has 0 spiro atoms. The van der Waals surface area contributed by atoms with E-state index in [1.54, 1.807) is 0 Å². The Balaban J connectivity index is 1.99. The Morgan fingerprint density at radius 3 is 2.75 bits per heavy atom. The molecule has 0 fully saturated rings. The van der Waals surface area contributed by atoms with Crippen molar-refractivity contribution in [2.45, 2.75) is 33.2 Å². The fourth-order valence-electron chi connectivity index (χ4n) is 1.82. The number of anilines is 1. The van der Waals surface area contributed by atoms with Gasteiger partial charge in [0.1, 0.15) is 0 Å². The number of hydrogen-bond donors (Lipinski definition) is 2. The van der Waals surface area contributed by atoms with Gasteiger partial charge < -0.3 is 11.1 Å². The Morgan fingerprint density at radius 1 is 1.40 bits per heavy atom. The highest BCUT2D eigenvalue weighted by Gasteiger charge is 2.09.